The van der Waals surface area contributed by atoms with E-state index in [1.54, 1.807) is 28.3 Å². The van der Waals surface area contributed by atoms with Gasteiger partial charge in [0.2, 0.25) is 0 Å². The van der Waals surface area contributed by atoms with Crippen LogP contribution in [0.5, 0.6) is 11.5 Å². The molecule has 0 atom stereocenters. The number of hydrogen-bond donors (Lipinski definition) is 0. The van der Waals surface area contributed by atoms with E-state index in [-0.39, 0.29) is 39.9 Å². The zero-order valence-corrected chi connectivity index (χ0v) is 35.6. The molecule has 0 saturated carbocycles. The van der Waals surface area contributed by atoms with Crippen LogP contribution in [0.1, 0.15) is 37.3 Å². The number of carbonyl (C=O) groups is 2. The van der Waals surface area contributed by atoms with Crippen molar-refractivity contribution in [2.24, 2.45) is 0 Å². The maximum Gasteiger partial charge on any atom is 0.412 e. The fourth-order valence-electron chi connectivity index (χ4n) is 5.08. The van der Waals surface area contributed by atoms with Crippen LogP contribution in [0.4, 0.5) is 9.59 Å². The van der Waals surface area contributed by atoms with E-state index in [1.807, 2.05) is 43.3 Å². The van der Waals surface area contributed by atoms with Gasteiger partial charge in [-0.2, -0.15) is 0 Å². The minimum Gasteiger partial charge on any atom is -0.472 e. The second kappa shape index (κ2) is 33.1. The fraction of sp³-hybridized carbons (Fsp3) is 0.667. The summed E-state index contributed by atoms with van der Waals surface area (Å²) in [6.45, 7) is 10.2. The molecule has 0 saturated heterocycles. The summed E-state index contributed by atoms with van der Waals surface area (Å²) in [6, 6.07) is 11.9. The number of hydrogen-bond acceptors (Lipinski definition) is 14. The van der Waals surface area contributed by atoms with Crippen LogP contribution in [0, 0.1) is 6.92 Å². The van der Waals surface area contributed by atoms with E-state index >= 15 is 0 Å². The Kier molecular flexibility index (Phi) is 28.8. The fourth-order valence-corrected chi connectivity index (χ4v) is 5.08. The topological polar surface area (TPSA) is 151 Å². The molecule has 2 amide bonds. The van der Waals surface area contributed by atoms with E-state index in [1.165, 1.54) is 9.80 Å². The van der Waals surface area contributed by atoms with Crippen LogP contribution < -0.4 is 9.47 Å². The van der Waals surface area contributed by atoms with E-state index in [0.29, 0.717) is 96.3 Å². The number of benzene rings is 2. The Morgan fingerprint density at radius 2 is 0.966 bits per heavy atom. The molecule has 0 N–H and O–H groups in total. The van der Waals surface area contributed by atoms with Crippen LogP contribution in [0.2, 0.25) is 0 Å². The Morgan fingerprint density at radius 1 is 0.552 bits per heavy atom. The lowest BCUT2D eigenvalue weighted by molar-refractivity contribution is -0.00471. The number of ether oxygens (including phenoxy) is 12. The Morgan fingerprint density at radius 3 is 1.36 bits per heavy atom. The van der Waals surface area contributed by atoms with Crippen molar-refractivity contribution in [3.63, 3.8) is 0 Å². The van der Waals surface area contributed by atoms with Gasteiger partial charge in [-0.25, -0.2) is 9.59 Å². The molecule has 0 spiro atoms. The maximum atomic E-state index is 12.8. The van der Waals surface area contributed by atoms with Crippen molar-refractivity contribution in [2.75, 3.05) is 147 Å². The van der Waals surface area contributed by atoms with Gasteiger partial charge in [-0.05, 0) is 43.0 Å². The average molecular weight is 825 g/mol. The van der Waals surface area contributed by atoms with Gasteiger partial charge in [0.15, 0.2) is 13.5 Å². The maximum absolute atomic E-state index is 12.8. The van der Waals surface area contributed by atoms with E-state index in [4.69, 9.17) is 56.8 Å². The normalized spacial score (nSPS) is 11.1. The summed E-state index contributed by atoms with van der Waals surface area (Å²) in [5.74, 6) is 1.07. The van der Waals surface area contributed by atoms with E-state index in [9.17, 15) is 9.59 Å². The van der Waals surface area contributed by atoms with Crippen LogP contribution in [-0.4, -0.2) is 169 Å². The molecule has 0 aromatic heterocycles. The summed E-state index contributed by atoms with van der Waals surface area (Å²) in [5, 5.41) is 0. The second-order valence-corrected chi connectivity index (χ2v) is 13.1. The summed E-state index contributed by atoms with van der Waals surface area (Å²) < 4.78 is 66.0. The molecular formula is C42H68N2O14. The van der Waals surface area contributed by atoms with E-state index in [2.05, 4.69) is 6.92 Å². The summed E-state index contributed by atoms with van der Waals surface area (Å²) in [5.41, 5.74) is 3.61. The van der Waals surface area contributed by atoms with Gasteiger partial charge in [0, 0.05) is 28.3 Å². The lowest BCUT2D eigenvalue weighted by atomic mass is 9.97. The third-order valence-electron chi connectivity index (χ3n) is 8.21. The zero-order valence-electron chi connectivity index (χ0n) is 35.6. The molecule has 2 rings (SSSR count). The van der Waals surface area contributed by atoms with Gasteiger partial charge in [0.1, 0.15) is 24.7 Å². The molecule has 0 aliphatic heterocycles. The monoisotopic (exact) mass is 824 g/mol. The number of amides is 2. The van der Waals surface area contributed by atoms with Gasteiger partial charge in [0.05, 0.1) is 98.1 Å². The first kappa shape index (κ1) is 50.4. The summed E-state index contributed by atoms with van der Waals surface area (Å²) in [7, 11) is 6.45. The predicted octanol–water partition coefficient (Wildman–Crippen LogP) is 5.60. The quantitative estimate of drug-likeness (QED) is 0.0627. The van der Waals surface area contributed by atoms with Crippen LogP contribution >= 0.6 is 0 Å². The molecule has 0 aliphatic rings. The van der Waals surface area contributed by atoms with Crippen LogP contribution in [-0.2, 0) is 53.8 Å². The van der Waals surface area contributed by atoms with Gasteiger partial charge < -0.3 is 56.8 Å². The smallest absolute Gasteiger partial charge is 0.412 e. The summed E-state index contributed by atoms with van der Waals surface area (Å²) in [4.78, 5) is 28.3. The molecule has 58 heavy (non-hydrogen) atoms. The van der Waals surface area contributed by atoms with Crippen molar-refractivity contribution in [3.05, 3.63) is 47.5 Å². The Labute approximate surface area is 345 Å². The lowest BCUT2D eigenvalue weighted by Gasteiger charge is -2.23. The number of unbranched alkanes of at least 4 members (excludes halogenated alkanes) is 2. The van der Waals surface area contributed by atoms with E-state index < -0.39 is 12.2 Å². The van der Waals surface area contributed by atoms with Crippen molar-refractivity contribution in [2.45, 2.75) is 39.5 Å². The minimum atomic E-state index is -0.556. The minimum absolute atomic E-state index is 0.0766. The van der Waals surface area contributed by atoms with Crippen LogP contribution in [0.3, 0.4) is 0 Å². The average Bonchev–Trinajstić information content (AvgIpc) is 3.22. The third-order valence-corrected chi connectivity index (χ3v) is 8.21. The van der Waals surface area contributed by atoms with Gasteiger partial charge in [-0.15, -0.1) is 0 Å². The largest absolute Gasteiger partial charge is 0.472 e. The summed E-state index contributed by atoms with van der Waals surface area (Å²) >= 11 is 0. The number of nitrogens with zero attached hydrogens (tertiary/aromatic N) is 2. The molecule has 0 heterocycles. The number of methoxy groups -OCH3 is 2. The molecule has 2 aromatic carbocycles. The van der Waals surface area contributed by atoms with Gasteiger partial charge in [-0.1, -0.05) is 49.6 Å². The SMILES string of the molecule is CCCCCc1cc(OCN(C)C(=O)OCCOCCOCCOCCOC)c(-c2cccc(C)c2)c(OCN(C)C(=O)OCCOCCOCCOCCOC)c1. The molecule has 2 aromatic rings. The highest BCUT2D eigenvalue weighted by Crippen LogP contribution is 2.41. The molecule has 16 nitrogen and oxygen atoms in total. The van der Waals surface area contributed by atoms with Gasteiger partial charge in [0.25, 0.3) is 0 Å². The van der Waals surface area contributed by atoms with Crippen molar-refractivity contribution in [1.82, 2.24) is 9.80 Å². The molecule has 330 valence electrons. The first-order chi connectivity index (χ1) is 28.3. The lowest BCUT2D eigenvalue weighted by Crippen LogP contribution is -2.32. The highest BCUT2D eigenvalue weighted by atomic mass is 16.6. The van der Waals surface area contributed by atoms with Crippen molar-refractivity contribution in [3.8, 4) is 22.6 Å². The molecule has 0 fully saturated rings. The highest BCUT2D eigenvalue weighted by molar-refractivity contribution is 5.78. The highest BCUT2D eigenvalue weighted by Gasteiger charge is 2.20. The van der Waals surface area contributed by atoms with E-state index in [0.717, 1.165) is 42.4 Å². The van der Waals surface area contributed by atoms with Gasteiger partial charge >= 0.3 is 12.2 Å². The Hall–Kier alpha value is -3.74. The summed E-state index contributed by atoms with van der Waals surface area (Å²) in [6.07, 6.45) is 2.80. The first-order valence-electron chi connectivity index (χ1n) is 20.0. The number of carbonyl (C=O) groups excluding carboxylic acids is 2. The zero-order chi connectivity index (χ0) is 42.1. The van der Waals surface area contributed by atoms with Crippen LogP contribution in [0.15, 0.2) is 36.4 Å². The Balaban J connectivity index is 1.95. The second-order valence-electron chi connectivity index (χ2n) is 13.1. The molecule has 0 bridgehead atoms. The van der Waals surface area contributed by atoms with Gasteiger partial charge in [-0.3, -0.25) is 9.80 Å². The predicted molar refractivity (Wildman–Crippen MR) is 218 cm³/mol. The molecule has 0 radical (unpaired) electrons. The van der Waals surface area contributed by atoms with Crippen molar-refractivity contribution in [1.29, 1.82) is 0 Å². The first-order valence-corrected chi connectivity index (χ1v) is 20.0. The molecular weight excluding hydrogens is 756 g/mol. The van der Waals surface area contributed by atoms with Crippen molar-refractivity contribution < 1.29 is 66.4 Å². The van der Waals surface area contributed by atoms with Crippen molar-refractivity contribution >= 4 is 12.2 Å². The third kappa shape index (κ3) is 23.0. The standard InChI is InChI=1S/C42H68N2O14/c1-7-8-9-12-36-31-38(57-33-43(3)41(45)55-28-26-53-24-22-51-20-18-49-16-14-47-5)40(37-13-10-11-35(2)30-37)39(32-36)58-34-44(4)42(46)56-29-27-54-25-23-52-21-19-50-17-15-48-6/h10-11,13,30-32H,7-9,12,14-29,33-34H2,1-6H3. The number of rotatable bonds is 35. The molecule has 0 aliphatic carbocycles. The Bertz CT molecular complexity index is 1300. The number of aryl methyl sites for hydroxylation is 2. The van der Waals surface area contributed by atoms with Crippen LogP contribution in [0.25, 0.3) is 11.1 Å². The molecule has 0 unspecified atom stereocenters. The molecule has 16 heteroatoms.